The molecular formula is C19H18O3S. The first-order valence-corrected chi connectivity index (χ1v) is 8.50. The highest BCUT2D eigenvalue weighted by Crippen LogP contribution is 2.16. The highest BCUT2D eigenvalue weighted by molar-refractivity contribution is 7.98. The Labute approximate surface area is 140 Å². The Kier molecular flexibility index (Phi) is 6.18. The van der Waals surface area contributed by atoms with E-state index in [2.05, 4.69) is 0 Å². The molecule has 3 nitrogen and oxygen atoms in total. The second-order valence-electron chi connectivity index (χ2n) is 4.77. The summed E-state index contributed by atoms with van der Waals surface area (Å²) in [6, 6.07) is 14.5. The lowest BCUT2D eigenvalue weighted by Crippen LogP contribution is -2.05. The van der Waals surface area contributed by atoms with Crippen LogP contribution in [-0.2, 0) is 4.74 Å². The molecule has 0 heterocycles. The fourth-order valence-corrected chi connectivity index (χ4v) is 2.38. The first-order valence-electron chi connectivity index (χ1n) is 7.27. The standard InChI is InChI=1S/C19H18O3S/c1-3-22-19(21)16-9-7-15(8-10-16)18(20)13-6-14-4-11-17(23-2)12-5-14/h4-13H,3H2,1-2H3/b13-6+. The van der Waals surface area contributed by atoms with Crippen molar-refractivity contribution in [1.82, 2.24) is 0 Å². The molecule has 0 saturated heterocycles. The maximum absolute atomic E-state index is 12.1. The molecule has 0 fully saturated rings. The Morgan fingerprint density at radius 1 is 1.00 bits per heavy atom. The van der Waals surface area contributed by atoms with Gasteiger partial charge in [0.25, 0.3) is 0 Å². The van der Waals surface area contributed by atoms with Gasteiger partial charge in [-0.3, -0.25) is 4.79 Å². The van der Waals surface area contributed by atoms with E-state index >= 15 is 0 Å². The number of thioether (sulfide) groups is 1. The van der Waals surface area contributed by atoms with Crippen molar-refractivity contribution in [2.24, 2.45) is 0 Å². The van der Waals surface area contributed by atoms with Crippen molar-refractivity contribution in [3.8, 4) is 0 Å². The number of carbonyl (C=O) groups excluding carboxylic acids is 2. The third kappa shape index (κ3) is 4.83. The van der Waals surface area contributed by atoms with Gasteiger partial charge in [-0.1, -0.05) is 30.3 Å². The largest absolute Gasteiger partial charge is 0.462 e. The van der Waals surface area contributed by atoms with E-state index in [1.165, 1.54) is 11.0 Å². The third-order valence-corrected chi connectivity index (χ3v) is 3.97. The SMILES string of the molecule is CCOC(=O)c1ccc(C(=O)/C=C/c2ccc(SC)cc2)cc1. The summed E-state index contributed by atoms with van der Waals surface area (Å²) in [5, 5.41) is 0. The molecule has 0 spiro atoms. The number of hydrogen-bond donors (Lipinski definition) is 0. The summed E-state index contributed by atoms with van der Waals surface area (Å²) in [6.45, 7) is 2.09. The molecule has 0 radical (unpaired) electrons. The van der Waals surface area contributed by atoms with Crippen LogP contribution in [0.3, 0.4) is 0 Å². The summed E-state index contributed by atoms with van der Waals surface area (Å²) in [5.74, 6) is -0.481. The van der Waals surface area contributed by atoms with Gasteiger partial charge in [0.1, 0.15) is 0 Å². The molecule has 0 N–H and O–H groups in total. The lowest BCUT2D eigenvalue weighted by molar-refractivity contribution is 0.0526. The van der Waals surface area contributed by atoms with Gasteiger partial charge in [-0.15, -0.1) is 11.8 Å². The summed E-state index contributed by atoms with van der Waals surface area (Å²) >= 11 is 1.68. The van der Waals surface area contributed by atoms with Crippen LogP contribution in [0.25, 0.3) is 6.08 Å². The van der Waals surface area contributed by atoms with Crippen molar-refractivity contribution in [3.63, 3.8) is 0 Å². The van der Waals surface area contributed by atoms with E-state index in [9.17, 15) is 9.59 Å². The summed E-state index contributed by atoms with van der Waals surface area (Å²) in [4.78, 5) is 24.9. The average Bonchev–Trinajstić information content (AvgIpc) is 2.60. The summed E-state index contributed by atoms with van der Waals surface area (Å²) < 4.78 is 4.91. The minimum atomic E-state index is -0.379. The first-order chi connectivity index (χ1) is 11.1. The van der Waals surface area contributed by atoms with Gasteiger partial charge in [0.15, 0.2) is 5.78 Å². The van der Waals surface area contributed by atoms with Crippen molar-refractivity contribution in [2.75, 3.05) is 12.9 Å². The molecule has 0 bridgehead atoms. The fourth-order valence-electron chi connectivity index (χ4n) is 1.97. The zero-order valence-corrected chi connectivity index (χ0v) is 13.9. The van der Waals surface area contributed by atoms with Gasteiger partial charge in [-0.05, 0) is 49.1 Å². The van der Waals surface area contributed by atoms with Crippen molar-refractivity contribution in [1.29, 1.82) is 0 Å². The van der Waals surface area contributed by atoms with E-state index in [4.69, 9.17) is 4.74 Å². The monoisotopic (exact) mass is 326 g/mol. The summed E-state index contributed by atoms with van der Waals surface area (Å²) in [6.07, 6.45) is 5.34. The predicted octanol–water partition coefficient (Wildman–Crippen LogP) is 4.48. The maximum Gasteiger partial charge on any atom is 0.338 e. The van der Waals surface area contributed by atoms with Crippen LogP contribution in [0.1, 0.15) is 33.2 Å². The molecule has 23 heavy (non-hydrogen) atoms. The van der Waals surface area contributed by atoms with Crippen LogP contribution < -0.4 is 0 Å². The van der Waals surface area contributed by atoms with Crippen LogP contribution in [-0.4, -0.2) is 24.6 Å². The molecule has 0 atom stereocenters. The van der Waals surface area contributed by atoms with Gasteiger partial charge in [0.05, 0.1) is 12.2 Å². The van der Waals surface area contributed by atoms with E-state index in [0.29, 0.717) is 17.7 Å². The van der Waals surface area contributed by atoms with Crippen LogP contribution in [0.5, 0.6) is 0 Å². The molecule has 0 aromatic heterocycles. The topological polar surface area (TPSA) is 43.4 Å². The molecule has 0 aliphatic carbocycles. The number of benzene rings is 2. The fraction of sp³-hybridized carbons (Fsp3) is 0.158. The number of ketones is 1. The molecule has 0 aliphatic rings. The predicted molar refractivity (Wildman–Crippen MR) is 94.0 cm³/mol. The normalized spacial score (nSPS) is 10.7. The van der Waals surface area contributed by atoms with Gasteiger partial charge < -0.3 is 4.74 Å². The number of ether oxygens (including phenoxy) is 1. The highest BCUT2D eigenvalue weighted by Gasteiger charge is 2.07. The molecule has 0 amide bonds. The lowest BCUT2D eigenvalue weighted by Gasteiger charge is -2.02. The Bertz CT molecular complexity index is 700. The number of hydrogen-bond acceptors (Lipinski definition) is 4. The molecule has 0 saturated carbocycles. The molecule has 4 heteroatoms. The smallest absolute Gasteiger partial charge is 0.338 e. The van der Waals surface area contributed by atoms with E-state index < -0.39 is 0 Å². The number of allylic oxidation sites excluding steroid dienone is 1. The van der Waals surface area contributed by atoms with E-state index in [1.54, 1.807) is 49.0 Å². The summed E-state index contributed by atoms with van der Waals surface area (Å²) in [5.41, 5.74) is 1.95. The van der Waals surface area contributed by atoms with E-state index in [1.807, 2.05) is 30.5 Å². The van der Waals surface area contributed by atoms with Gasteiger partial charge in [0.2, 0.25) is 0 Å². The molecule has 2 aromatic rings. The maximum atomic E-state index is 12.1. The zero-order valence-electron chi connectivity index (χ0n) is 13.1. The molecular weight excluding hydrogens is 308 g/mol. The molecule has 2 aromatic carbocycles. The van der Waals surface area contributed by atoms with Crippen LogP contribution in [0, 0.1) is 0 Å². The van der Waals surface area contributed by atoms with Crippen molar-refractivity contribution in [3.05, 3.63) is 71.3 Å². The van der Waals surface area contributed by atoms with Gasteiger partial charge in [0, 0.05) is 10.5 Å². The molecule has 0 unspecified atom stereocenters. The van der Waals surface area contributed by atoms with Gasteiger partial charge in [-0.2, -0.15) is 0 Å². The van der Waals surface area contributed by atoms with Crippen molar-refractivity contribution in [2.45, 2.75) is 11.8 Å². The third-order valence-electron chi connectivity index (χ3n) is 3.22. The van der Waals surface area contributed by atoms with Crippen LogP contribution in [0.2, 0.25) is 0 Å². The van der Waals surface area contributed by atoms with Gasteiger partial charge in [-0.25, -0.2) is 4.79 Å². The first kappa shape index (κ1) is 17.0. The second-order valence-corrected chi connectivity index (χ2v) is 5.65. The number of carbonyl (C=O) groups is 2. The molecule has 118 valence electrons. The zero-order chi connectivity index (χ0) is 16.7. The Balaban J connectivity index is 2.04. The second kappa shape index (κ2) is 8.34. The van der Waals surface area contributed by atoms with Crippen LogP contribution in [0.15, 0.2) is 59.5 Å². The quantitative estimate of drug-likeness (QED) is 0.340. The van der Waals surface area contributed by atoms with Crippen molar-refractivity contribution < 1.29 is 14.3 Å². The number of rotatable bonds is 6. The van der Waals surface area contributed by atoms with Gasteiger partial charge >= 0.3 is 5.97 Å². The Hall–Kier alpha value is -2.33. The van der Waals surface area contributed by atoms with E-state index in [0.717, 1.165) is 5.56 Å². The Morgan fingerprint density at radius 2 is 1.61 bits per heavy atom. The van der Waals surface area contributed by atoms with Crippen LogP contribution in [0.4, 0.5) is 0 Å². The van der Waals surface area contributed by atoms with E-state index in [-0.39, 0.29) is 11.8 Å². The minimum Gasteiger partial charge on any atom is -0.462 e. The van der Waals surface area contributed by atoms with Crippen LogP contribution >= 0.6 is 11.8 Å². The minimum absolute atomic E-state index is 0.102. The lowest BCUT2D eigenvalue weighted by atomic mass is 10.1. The molecule has 2 rings (SSSR count). The summed E-state index contributed by atoms with van der Waals surface area (Å²) in [7, 11) is 0. The average molecular weight is 326 g/mol. The molecule has 0 aliphatic heterocycles. The van der Waals surface area contributed by atoms with Crippen molar-refractivity contribution >= 4 is 29.6 Å². The Morgan fingerprint density at radius 3 is 2.17 bits per heavy atom. The number of esters is 1. The highest BCUT2D eigenvalue weighted by atomic mass is 32.2.